The van der Waals surface area contributed by atoms with Crippen LogP contribution in [0.15, 0.2) is 66.9 Å². The summed E-state index contributed by atoms with van der Waals surface area (Å²) in [6.45, 7) is 3.39. The van der Waals surface area contributed by atoms with Gasteiger partial charge in [0.1, 0.15) is 16.9 Å². The van der Waals surface area contributed by atoms with Gasteiger partial charge in [-0.15, -0.1) is 0 Å². The zero-order chi connectivity index (χ0) is 29.5. The number of carbonyl (C=O) groups is 1. The Morgan fingerprint density at radius 1 is 1.00 bits per heavy atom. The molecule has 44 heavy (non-hydrogen) atoms. The third-order valence-corrected chi connectivity index (χ3v) is 10.5. The molecule has 2 bridgehead atoms. The summed E-state index contributed by atoms with van der Waals surface area (Å²) in [6.07, 6.45) is 6.46. The van der Waals surface area contributed by atoms with E-state index < -0.39 is 0 Å². The van der Waals surface area contributed by atoms with Crippen molar-refractivity contribution in [1.29, 1.82) is 0 Å². The highest BCUT2D eigenvalue weighted by Crippen LogP contribution is 2.43. The molecule has 2 unspecified atom stereocenters. The van der Waals surface area contributed by atoms with E-state index in [1.165, 1.54) is 18.5 Å². The molecule has 3 aromatic heterocycles. The number of methoxy groups -OCH3 is 1. The zero-order valence-electron chi connectivity index (χ0n) is 25.0. The van der Waals surface area contributed by atoms with E-state index in [2.05, 4.69) is 56.5 Å². The van der Waals surface area contributed by atoms with Crippen molar-refractivity contribution in [3.63, 3.8) is 0 Å². The van der Waals surface area contributed by atoms with Crippen LogP contribution < -0.4 is 15.4 Å². The first kappa shape index (κ1) is 26.1. The predicted octanol–water partition coefficient (Wildman–Crippen LogP) is 5.09. The molecule has 2 aliphatic heterocycles. The highest BCUT2D eigenvalue weighted by atomic mass is 16.5. The molecular weight excluding hydrogens is 550 g/mol. The van der Waals surface area contributed by atoms with Gasteiger partial charge in [-0.2, -0.15) is 0 Å². The van der Waals surface area contributed by atoms with Crippen LogP contribution >= 0.6 is 0 Å². The van der Waals surface area contributed by atoms with E-state index in [0.717, 1.165) is 72.6 Å². The summed E-state index contributed by atoms with van der Waals surface area (Å²) in [5.74, 6) is 2.67. The number of hydrogen-bond acceptors (Lipinski definition) is 6. The summed E-state index contributed by atoms with van der Waals surface area (Å²) in [6, 6.07) is 21.2. The number of imidazole rings is 1. The molecule has 2 aromatic carbocycles. The van der Waals surface area contributed by atoms with Crippen molar-refractivity contribution in [3.8, 4) is 17.3 Å². The van der Waals surface area contributed by atoms with Gasteiger partial charge in [0.05, 0.1) is 24.4 Å². The Morgan fingerprint density at radius 3 is 2.57 bits per heavy atom. The number of aromatic nitrogens is 4. The molecule has 2 saturated heterocycles. The van der Waals surface area contributed by atoms with E-state index in [4.69, 9.17) is 20.4 Å². The van der Waals surface area contributed by atoms with Crippen molar-refractivity contribution in [2.24, 2.45) is 17.6 Å². The van der Waals surface area contributed by atoms with Gasteiger partial charge in [0.2, 0.25) is 0 Å². The average Bonchev–Trinajstić information content (AvgIpc) is 3.38. The van der Waals surface area contributed by atoms with E-state index in [0.29, 0.717) is 23.1 Å². The first-order valence-corrected chi connectivity index (χ1v) is 16.0. The molecular formula is C35H37N7O2. The van der Waals surface area contributed by atoms with E-state index >= 15 is 0 Å². The van der Waals surface area contributed by atoms with Crippen LogP contribution in [0.4, 0.5) is 5.69 Å². The van der Waals surface area contributed by atoms with Gasteiger partial charge < -0.3 is 29.4 Å². The van der Waals surface area contributed by atoms with Crippen molar-refractivity contribution in [1.82, 2.24) is 24.0 Å². The van der Waals surface area contributed by atoms with Crippen LogP contribution in [-0.4, -0.2) is 68.7 Å². The lowest BCUT2D eigenvalue weighted by atomic mass is 10.1. The van der Waals surface area contributed by atoms with Gasteiger partial charge in [-0.3, -0.25) is 4.79 Å². The molecule has 4 fully saturated rings. The minimum atomic E-state index is 0.0230. The lowest BCUT2D eigenvalue weighted by molar-refractivity contribution is 0.0700. The number of benzene rings is 2. The molecule has 224 valence electrons. The molecule has 2 N–H and O–H groups in total. The molecule has 2 aliphatic carbocycles. The van der Waals surface area contributed by atoms with Gasteiger partial charge in [-0.05, 0) is 80.0 Å². The minimum Gasteiger partial charge on any atom is -0.494 e. The molecule has 9 rings (SSSR count). The van der Waals surface area contributed by atoms with E-state index in [1.54, 1.807) is 7.11 Å². The fourth-order valence-electron chi connectivity index (χ4n) is 7.94. The Labute approximate surface area is 256 Å². The number of para-hydroxylation sites is 1. The number of fused-ring (bicyclic) bond motifs is 4. The third kappa shape index (κ3) is 3.98. The van der Waals surface area contributed by atoms with Crippen molar-refractivity contribution in [2.75, 3.05) is 31.6 Å². The summed E-state index contributed by atoms with van der Waals surface area (Å²) in [4.78, 5) is 28.4. The lowest BCUT2D eigenvalue weighted by Crippen LogP contribution is -2.48. The number of nitrogens with zero attached hydrogens (tertiary/aromatic N) is 6. The number of carbonyl (C=O) groups excluding carboxylic acids is 1. The summed E-state index contributed by atoms with van der Waals surface area (Å²) in [5, 5.41) is 1.12. The van der Waals surface area contributed by atoms with Crippen molar-refractivity contribution in [2.45, 2.75) is 50.4 Å². The van der Waals surface area contributed by atoms with Crippen LogP contribution in [0.3, 0.4) is 0 Å². The van der Waals surface area contributed by atoms with E-state index in [1.807, 2.05) is 29.3 Å². The van der Waals surface area contributed by atoms with Crippen LogP contribution in [-0.2, 0) is 6.54 Å². The van der Waals surface area contributed by atoms with Gasteiger partial charge >= 0.3 is 0 Å². The molecule has 0 radical (unpaired) electrons. The van der Waals surface area contributed by atoms with Crippen LogP contribution in [0.5, 0.6) is 5.75 Å². The van der Waals surface area contributed by atoms with Crippen LogP contribution in [0.2, 0.25) is 0 Å². The fraction of sp³-hybridized carbons (Fsp3) is 0.400. The maximum absolute atomic E-state index is 13.9. The summed E-state index contributed by atoms with van der Waals surface area (Å²) >= 11 is 0. The van der Waals surface area contributed by atoms with Gasteiger partial charge in [0, 0.05) is 61.1 Å². The standard InChI is InChI=1S/C35H37N7O2/c1-44-30-16-24(35(43)41-18-23-11-12-28(41)31(23)36)14-27-32(30)42(26-19-39(20-26)25-7-3-2-4-8-25)34(38-27)29-15-22-6-5-13-37-33(22)40(29)17-21-9-10-21/h2-8,13-16,21,23,26,28,31H,9-12,17-20,36H2,1H3/t23?,28?,31-/m1/s1. The normalized spacial score (nSPS) is 23.2. The SMILES string of the molecule is COc1cc(C(=O)N2CC3CCC2[C@@H]3N)cc2nc(-c3cc4cccnc4n3CC3CC3)n(C3CN(c4ccccc4)C3)c12. The summed E-state index contributed by atoms with van der Waals surface area (Å²) < 4.78 is 10.8. The number of hydrogen-bond donors (Lipinski definition) is 1. The minimum absolute atomic E-state index is 0.0230. The topological polar surface area (TPSA) is 94.4 Å². The van der Waals surface area contributed by atoms with Gasteiger partial charge in [-0.25, -0.2) is 9.97 Å². The molecule has 3 atom stereocenters. The molecule has 0 spiro atoms. The second-order valence-corrected chi connectivity index (χ2v) is 13.2. The molecule has 9 heteroatoms. The van der Waals surface area contributed by atoms with Crippen molar-refractivity contribution < 1.29 is 9.53 Å². The second-order valence-electron chi connectivity index (χ2n) is 13.2. The Kier molecular flexibility index (Phi) is 5.82. The summed E-state index contributed by atoms with van der Waals surface area (Å²) in [5.41, 5.74) is 12.1. The van der Waals surface area contributed by atoms with Crippen LogP contribution in [0.1, 0.15) is 42.1 Å². The number of pyridine rings is 1. The number of piperidine rings is 1. The van der Waals surface area contributed by atoms with Crippen LogP contribution in [0, 0.1) is 11.8 Å². The largest absolute Gasteiger partial charge is 0.494 e. The summed E-state index contributed by atoms with van der Waals surface area (Å²) in [7, 11) is 1.69. The first-order valence-electron chi connectivity index (χ1n) is 16.0. The molecule has 1 amide bonds. The molecule has 5 aromatic rings. The number of nitrogens with two attached hydrogens (primary N) is 1. The molecule has 5 heterocycles. The van der Waals surface area contributed by atoms with Crippen molar-refractivity contribution >= 4 is 33.7 Å². The second kappa shape index (κ2) is 9.82. The maximum atomic E-state index is 13.9. The van der Waals surface area contributed by atoms with E-state index in [-0.39, 0.29) is 24.0 Å². The Morgan fingerprint density at radius 2 is 1.84 bits per heavy atom. The number of anilines is 1. The Hall–Kier alpha value is -4.37. The quantitative estimate of drug-likeness (QED) is 0.285. The molecule has 9 nitrogen and oxygen atoms in total. The maximum Gasteiger partial charge on any atom is 0.254 e. The highest BCUT2D eigenvalue weighted by molar-refractivity contribution is 6.00. The van der Waals surface area contributed by atoms with E-state index in [9.17, 15) is 4.79 Å². The number of ether oxygens (including phenoxy) is 1. The molecule has 2 saturated carbocycles. The predicted molar refractivity (Wildman–Crippen MR) is 171 cm³/mol. The van der Waals surface area contributed by atoms with Crippen molar-refractivity contribution in [3.05, 3.63) is 72.4 Å². The lowest BCUT2D eigenvalue weighted by Gasteiger charge is -2.42. The van der Waals surface area contributed by atoms with Gasteiger partial charge in [-0.1, -0.05) is 18.2 Å². The number of amides is 1. The Bertz CT molecular complexity index is 1900. The Balaban J connectivity index is 1.19. The average molecular weight is 588 g/mol. The number of likely N-dealkylation sites (tertiary alicyclic amines) is 1. The fourth-order valence-corrected chi connectivity index (χ4v) is 7.94. The smallest absolute Gasteiger partial charge is 0.254 e. The first-order chi connectivity index (χ1) is 21.6. The third-order valence-electron chi connectivity index (χ3n) is 10.5. The number of rotatable bonds is 7. The van der Waals surface area contributed by atoms with Gasteiger partial charge in [0.15, 0.2) is 5.82 Å². The zero-order valence-corrected chi connectivity index (χ0v) is 25.0. The highest BCUT2D eigenvalue weighted by Gasteiger charge is 2.47. The molecule has 4 aliphatic rings. The van der Waals surface area contributed by atoms with Crippen LogP contribution in [0.25, 0.3) is 33.6 Å². The van der Waals surface area contributed by atoms with Gasteiger partial charge in [0.25, 0.3) is 5.91 Å². The monoisotopic (exact) mass is 587 g/mol.